The number of anilines is 2. The first-order chi connectivity index (χ1) is 15.0. The van der Waals surface area contributed by atoms with Gasteiger partial charge in [0, 0.05) is 37.1 Å². The second-order valence-electron chi connectivity index (χ2n) is 8.05. The molecular weight excluding hydrogens is 386 g/mol. The smallest absolute Gasteiger partial charge is 0.251 e. The summed E-state index contributed by atoms with van der Waals surface area (Å²) >= 11 is 0. The lowest BCUT2D eigenvalue weighted by Crippen LogP contribution is -2.33. The molecule has 0 spiro atoms. The second kappa shape index (κ2) is 9.00. The fourth-order valence-electron chi connectivity index (χ4n) is 4.23. The van der Waals surface area contributed by atoms with Gasteiger partial charge >= 0.3 is 0 Å². The lowest BCUT2D eigenvalue weighted by Gasteiger charge is -2.24. The van der Waals surface area contributed by atoms with E-state index in [1.807, 2.05) is 18.2 Å². The summed E-state index contributed by atoms with van der Waals surface area (Å²) in [4.78, 5) is 17.7. The minimum absolute atomic E-state index is 0. The van der Waals surface area contributed by atoms with Gasteiger partial charge in [-0.25, -0.2) is 0 Å². The van der Waals surface area contributed by atoms with Crippen LogP contribution in [0.4, 0.5) is 11.4 Å². The van der Waals surface area contributed by atoms with Crippen molar-refractivity contribution in [3.8, 4) is 0 Å². The molecule has 0 unspecified atom stereocenters. The molecule has 2 aromatic carbocycles. The second-order valence-corrected chi connectivity index (χ2v) is 8.05. The summed E-state index contributed by atoms with van der Waals surface area (Å²) in [6, 6.07) is 17.8. The van der Waals surface area contributed by atoms with E-state index in [4.69, 9.17) is 16.9 Å². The first kappa shape index (κ1) is 20.6. The lowest BCUT2D eigenvalue weighted by molar-refractivity contribution is 0.0920. The third-order valence-corrected chi connectivity index (χ3v) is 5.95. The maximum atomic E-state index is 13.2. The molecule has 1 amide bonds. The number of hydrogen-bond donors (Lipinski definition) is 4. The van der Waals surface area contributed by atoms with E-state index in [2.05, 4.69) is 10.3 Å². The molecule has 0 radical (unpaired) electrons. The van der Waals surface area contributed by atoms with E-state index in [9.17, 15) is 4.79 Å². The SMILES string of the molecule is N=C(c1ccc(N)cc1)c1cc(C(=O)N[C@H](c2ccccn2)C2CCCC2)ccc1N.[HH].[HH]. The zero-order valence-electron chi connectivity index (χ0n) is 17.3. The molecule has 6 heteroatoms. The van der Waals surface area contributed by atoms with Crippen molar-refractivity contribution in [2.75, 3.05) is 11.5 Å². The van der Waals surface area contributed by atoms with E-state index in [-0.39, 0.29) is 20.5 Å². The molecule has 31 heavy (non-hydrogen) atoms. The number of carbonyl (C=O) groups excluding carboxylic acids is 1. The average Bonchev–Trinajstić information content (AvgIpc) is 3.33. The van der Waals surface area contributed by atoms with Crippen molar-refractivity contribution in [3.05, 3.63) is 89.2 Å². The van der Waals surface area contributed by atoms with Crippen molar-refractivity contribution in [1.82, 2.24) is 10.3 Å². The molecule has 0 aliphatic heterocycles. The van der Waals surface area contributed by atoms with E-state index >= 15 is 0 Å². The first-order valence-electron chi connectivity index (χ1n) is 10.6. The van der Waals surface area contributed by atoms with E-state index in [1.165, 1.54) is 12.8 Å². The Bertz CT molecular complexity index is 1080. The Balaban J connectivity index is 0.00000193. The maximum Gasteiger partial charge on any atom is 0.251 e. The minimum Gasteiger partial charge on any atom is -0.399 e. The first-order valence-corrected chi connectivity index (χ1v) is 10.6. The Morgan fingerprint density at radius 1 is 1.03 bits per heavy atom. The van der Waals surface area contributed by atoms with Crippen molar-refractivity contribution in [2.45, 2.75) is 31.7 Å². The topological polar surface area (TPSA) is 118 Å². The van der Waals surface area contributed by atoms with Crippen molar-refractivity contribution >= 4 is 23.0 Å². The number of pyridine rings is 1. The molecule has 1 atom stereocenters. The quantitative estimate of drug-likeness (QED) is 0.340. The summed E-state index contributed by atoms with van der Waals surface area (Å²) < 4.78 is 0. The largest absolute Gasteiger partial charge is 0.399 e. The fraction of sp³-hybridized carbons (Fsp3) is 0.240. The van der Waals surface area contributed by atoms with Crippen LogP contribution in [0.2, 0.25) is 0 Å². The van der Waals surface area contributed by atoms with Gasteiger partial charge < -0.3 is 16.8 Å². The average molecular weight is 418 g/mol. The Morgan fingerprint density at radius 2 is 1.74 bits per heavy atom. The highest BCUT2D eigenvalue weighted by Crippen LogP contribution is 2.35. The summed E-state index contributed by atoms with van der Waals surface area (Å²) in [6.45, 7) is 0. The lowest BCUT2D eigenvalue weighted by atomic mass is 9.94. The fourth-order valence-corrected chi connectivity index (χ4v) is 4.23. The van der Waals surface area contributed by atoms with Gasteiger partial charge in [-0.15, -0.1) is 0 Å². The molecule has 1 fully saturated rings. The van der Waals surface area contributed by atoms with E-state index in [0.717, 1.165) is 18.5 Å². The Morgan fingerprint density at radius 3 is 2.42 bits per heavy atom. The molecule has 0 bridgehead atoms. The molecule has 1 saturated carbocycles. The number of hydrogen-bond acceptors (Lipinski definition) is 5. The molecule has 162 valence electrons. The summed E-state index contributed by atoms with van der Waals surface area (Å²) in [5.41, 5.74) is 15.8. The highest BCUT2D eigenvalue weighted by molar-refractivity contribution is 6.15. The number of nitrogens with one attached hydrogen (secondary N) is 2. The number of nitrogens with zero attached hydrogens (tertiary/aromatic N) is 1. The van der Waals surface area contributed by atoms with Gasteiger partial charge in [-0.1, -0.05) is 31.0 Å². The van der Waals surface area contributed by atoms with Gasteiger partial charge in [0.1, 0.15) is 0 Å². The van der Waals surface area contributed by atoms with E-state index in [0.29, 0.717) is 34.0 Å². The van der Waals surface area contributed by atoms with Crippen LogP contribution in [0.3, 0.4) is 0 Å². The van der Waals surface area contributed by atoms with Crippen LogP contribution in [0, 0.1) is 11.3 Å². The van der Waals surface area contributed by atoms with Crippen LogP contribution >= 0.6 is 0 Å². The molecule has 1 aliphatic carbocycles. The van der Waals surface area contributed by atoms with Crippen LogP contribution in [-0.4, -0.2) is 16.6 Å². The summed E-state index contributed by atoms with van der Waals surface area (Å²) in [6.07, 6.45) is 6.27. The monoisotopic (exact) mass is 417 g/mol. The molecule has 1 heterocycles. The Labute approximate surface area is 185 Å². The Hall–Kier alpha value is -3.67. The Kier molecular flexibility index (Phi) is 5.98. The van der Waals surface area contributed by atoms with Crippen LogP contribution in [0.1, 0.15) is 61.8 Å². The minimum atomic E-state index is -0.186. The zero-order valence-corrected chi connectivity index (χ0v) is 17.3. The third kappa shape index (κ3) is 4.58. The number of benzene rings is 2. The van der Waals surface area contributed by atoms with Crippen LogP contribution in [0.25, 0.3) is 0 Å². The van der Waals surface area contributed by atoms with Gasteiger partial charge in [0.05, 0.1) is 17.4 Å². The van der Waals surface area contributed by atoms with Crippen LogP contribution < -0.4 is 16.8 Å². The maximum absolute atomic E-state index is 13.2. The standard InChI is InChI=1S/C25H27N5O.2H2/c26-19-11-8-16(9-12-19)23(28)20-15-18(10-13-21(20)27)25(31)30-24(17-5-1-2-6-17)22-7-3-4-14-29-22;;/h3-4,7-15,17,24,28H,1-2,5-6,26-27H2,(H,30,31);2*1H/t24-;;/m0../s1. The molecule has 0 saturated heterocycles. The third-order valence-electron chi connectivity index (χ3n) is 5.95. The van der Waals surface area contributed by atoms with Gasteiger partial charge in [-0.2, -0.15) is 0 Å². The predicted molar refractivity (Wildman–Crippen MR) is 128 cm³/mol. The van der Waals surface area contributed by atoms with Crippen LogP contribution in [0.5, 0.6) is 0 Å². The summed E-state index contributed by atoms with van der Waals surface area (Å²) in [5.74, 6) is 0.189. The normalized spacial score (nSPS) is 14.8. The van der Waals surface area contributed by atoms with Crippen LogP contribution in [0.15, 0.2) is 66.9 Å². The van der Waals surface area contributed by atoms with Crippen molar-refractivity contribution in [2.24, 2.45) is 5.92 Å². The summed E-state index contributed by atoms with van der Waals surface area (Å²) in [5, 5.41) is 11.8. The van der Waals surface area contributed by atoms with Gasteiger partial charge in [-0.3, -0.25) is 15.2 Å². The molecule has 4 rings (SSSR count). The molecule has 6 N–H and O–H groups in total. The zero-order chi connectivity index (χ0) is 21.8. The van der Waals surface area contributed by atoms with Crippen molar-refractivity contribution in [3.63, 3.8) is 0 Å². The van der Waals surface area contributed by atoms with Crippen molar-refractivity contribution < 1.29 is 7.65 Å². The number of nitrogens with two attached hydrogens (primary N) is 2. The van der Waals surface area contributed by atoms with Crippen molar-refractivity contribution in [1.29, 1.82) is 5.41 Å². The van der Waals surface area contributed by atoms with Gasteiger partial charge in [0.15, 0.2) is 0 Å². The number of rotatable bonds is 6. The van der Waals surface area contributed by atoms with Gasteiger partial charge in [0.25, 0.3) is 5.91 Å². The number of nitrogen functional groups attached to an aromatic ring is 2. The molecule has 6 nitrogen and oxygen atoms in total. The highest BCUT2D eigenvalue weighted by Gasteiger charge is 2.29. The number of carbonyl (C=O) groups is 1. The molecule has 1 aromatic heterocycles. The van der Waals surface area contributed by atoms with Gasteiger partial charge in [-0.05, 0) is 61.2 Å². The highest BCUT2D eigenvalue weighted by atomic mass is 16.1. The predicted octanol–water partition coefficient (Wildman–Crippen LogP) is 4.82. The van der Waals surface area contributed by atoms with E-state index in [1.54, 1.807) is 48.7 Å². The molecular formula is C25H31N5O. The van der Waals surface area contributed by atoms with E-state index < -0.39 is 0 Å². The molecule has 3 aromatic rings. The number of amides is 1. The number of aromatic nitrogens is 1. The summed E-state index contributed by atoms with van der Waals surface area (Å²) in [7, 11) is 0. The van der Waals surface area contributed by atoms with Gasteiger partial charge in [0.2, 0.25) is 0 Å². The van der Waals surface area contributed by atoms with Crippen LogP contribution in [-0.2, 0) is 0 Å². The molecule has 1 aliphatic rings.